The quantitative estimate of drug-likeness (QED) is 0.791. The predicted octanol–water partition coefficient (Wildman–Crippen LogP) is 3.90. The molecular formula is C17H36N2. The number of nitrogens with two attached hydrogens (primary N) is 1. The van der Waals surface area contributed by atoms with Crippen molar-refractivity contribution < 1.29 is 0 Å². The maximum absolute atomic E-state index is 6.30. The second kappa shape index (κ2) is 7.08. The third-order valence-electron chi connectivity index (χ3n) is 4.94. The Labute approximate surface area is 121 Å². The molecule has 1 heterocycles. The van der Waals surface area contributed by atoms with Crippen LogP contribution < -0.4 is 5.73 Å². The zero-order valence-electron chi connectivity index (χ0n) is 14.1. The van der Waals surface area contributed by atoms with E-state index in [0.717, 1.165) is 12.5 Å². The van der Waals surface area contributed by atoms with E-state index in [4.69, 9.17) is 5.73 Å². The highest BCUT2D eigenvalue weighted by molar-refractivity contribution is 4.98. The van der Waals surface area contributed by atoms with Crippen LogP contribution in [0.1, 0.15) is 67.2 Å². The van der Waals surface area contributed by atoms with E-state index >= 15 is 0 Å². The van der Waals surface area contributed by atoms with Crippen molar-refractivity contribution in [1.82, 2.24) is 4.90 Å². The molecule has 114 valence electrons. The number of likely N-dealkylation sites (tertiary alicyclic amines) is 1. The first-order valence-corrected chi connectivity index (χ1v) is 8.29. The minimum atomic E-state index is 0.219. The van der Waals surface area contributed by atoms with Crippen LogP contribution in [0.5, 0.6) is 0 Å². The molecule has 0 radical (unpaired) electrons. The molecule has 0 aliphatic carbocycles. The van der Waals surface area contributed by atoms with Gasteiger partial charge >= 0.3 is 0 Å². The van der Waals surface area contributed by atoms with Crippen LogP contribution in [-0.2, 0) is 0 Å². The molecular weight excluding hydrogens is 232 g/mol. The summed E-state index contributed by atoms with van der Waals surface area (Å²) in [6.07, 6.45) is 5.18. The van der Waals surface area contributed by atoms with Crippen LogP contribution >= 0.6 is 0 Å². The molecule has 0 aromatic heterocycles. The van der Waals surface area contributed by atoms with Crippen molar-refractivity contribution in [1.29, 1.82) is 0 Å². The van der Waals surface area contributed by atoms with Crippen LogP contribution in [0, 0.1) is 17.8 Å². The summed E-state index contributed by atoms with van der Waals surface area (Å²) >= 11 is 0. The molecule has 2 heteroatoms. The van der Waals surface area contributed by atoms with E-state index in [0.29, 0.717) is 17.9 Å². The topological polar surface area (TPSA) is 29.3 Å². The van der Waals surface area contributed by atoms with Crippen LogP contribution in [0.3, 0.4) is 0 Å². The fourth-order valence-corrected chi connectivity index (χ4v) is 4.13. The van der Waals surface area contributed by atoms with Gasteiger partial charge in [0.15, 0.2) is 0 Å². The summed E-state index contributed by atoms with van der Waals surface area (Å²) in [6, 6.07) is 0.676. The summed E-state index contributed by atoms with van der Waals surface area (Å²) in [4.78, 5) is 2.77. The number of piperidine rings is 1. The van der Waals surface area contributed by atoms with Crippen LogP contribution in [0.2, 0.25) is 0 Å². The Bertz CT molecular complexity index is 250. The lowest BCUT2D eigenvalue weighted by molar-refractivity contribution is -0.0195. The fraction of sp³-hybridized carbons (Fsp3) is 1.00. The van der Waals surface area contributed by atoms with Gasteiger partial charge in [-0.15, -0.1) is 0 Å². The lowest BCUT2D eigenvalue weighted by atomic mass is 9.77. The number of hydrogen-bond donors (Lipinski definition) is 1. The van der Waals surface area contributed by atoms with Gasteiger partial charge in [0.1, 0.15) is 0 Å². The van der Waals surface area contributed by atoms with E-state index in [1.807, 2.05) is 0 Å². The summed E-state index contributed by atoms with van der Waals surface area (Å²) in [5, 5.41) is 0. The van der Waals surface area contributed by atoms with Gasteiger partial charge in [-0.3, -0.25) is 4.90 Å². The van der Waals surface area contributed by atoms with Gasteiger partial charge in [0, 0.05) is 18.1 Å². The molecule has 19 heavy (non-hydrogen) atoms. The monoisotopic (exact) mass is 268 g/mol. The van der Waals surface area contributed by atoms with Gasteiger partial charge in [0.2, 0.25) is 0 Å². The van der Waals surface area contributed by atoms with E-state index in [1.165, 1.54) is 32.2 Å². The number of hydrogen-bond acceptors (Lipinski definition) is 2. The van der Waals surface area contributed by atoms with Crippen molar-refractivity contribution in [2.45, 2.75) is 78.8 Å². The van der Waals surface area contributed by atoms with Crippen molar-refractivity contribution in [3.8, 4) is 0 Å². The van der Waals surface area contributed by atoms with E-state index < -0.39 is 0 Å². The normalized spacial score (nSPS) is 26.4. The molecule has 2 atom stereocenters. The SMILES string of the molecule is CC(C)CC(CN)(CC(C)C)N1CCCC(C)C1C. The summed E-state index contributed by atoms with van der Waals surface area (Å²) in [7, 11) is 0. The second-order valence-corrected chi connectivity index (χ2v) is 7.68. The summed E-state index contributed by atoms with van der Waals surface area (Å²) in [5.74, 6) is 2.23. The Kier molecular flexibility index (Phi) is 6.32. The minimum absolute atomic E-state index is 0.219. The van der Waals surface area contributed by atoms with Crippen molar-refractivity contribution in [3.63, 3.8) is 0 Å². The molecule has 0 saturated carbocycles. The van der Waals surface area contributed by atoms with E-state index in [9.17, 15) is 0 Å². The summed E-state index contributed by atoms with van der Waals surface area (Å²) in [5.41, 5.74) is 6.52. The molecule has 2 nitrogen and oxygen atoms in total. The Hall–Kier alpha value is -0.0800. The average molecular weight is 268 g/mol. The van der Waals surface area contributed by atoms with Gasteiger partial charge in [-0.05, 0) is 56.9 Å². The molecule has 1 aliphatic rings. The molecule has 1 aliphatic heterocycles. The zero-order chi connectivity index (χ0) is 14.6. The maximum atomic E-state index is 6.30. The molecule has 2 N–H and O–H groups in total. The van der Waals surface area contributed by atoms with Crippen molar-refractivity contribution >= 4 is 0 Å². The fourth-order valence-electron chi connectivity index (χ4n) is 4.13. The lowest BCUT2D eigenvalue weighted by Gasteiger charge is -2.52. The molecule has 0 aromatic carbocycles. The molecule has 1 saturated heterocycles. The highest BCUT2D eigenvalue weighted by Gasteiger charge is 2.41. The van der Waals surface area contributed by atoms with E-state index in [1.54, 1.807) is 0 Å². The van der Waals surface area contributed by atoms with Gasteiger partial charge in [-0.2, -0.15) is 0 Å². The van der Waals surface area contributed by atoms with Gasteiger partial charge in [-0.1, -0.05) is 34.6 Å². The molecule has 0 spiro atoms. The van der Waals surface area contributed by atoms with Crippen molar-refractivity contribution in [3.05, 3.63) is 0 Å². The van der Waals surface area contributed by atoms with Gasteiger partial charge in [0.05, 0.1) is 0 Å². The molecule has 0 bridgehead atoms. The Balaban J connectivity index is 2.98. The summed E-state index contributed by atoms with van der Waals surface area (Å²) in [6.45, 7) is 16.2. The van der Waals surface area contributed by atoms with Crippen molar-refractivity contribution in [2.75, 3.05) is 13.1 Å². The summed E-state index contributed by atoms with van der Waals surface area (Å²) < 4.78 is 0. The molecule has 1 rings (SSSR count). The van der Waals surface area contributed by atoms with E-state index in [2.05, 4.69) is 46.4 Å². The first-order chi connectivity index (χ1) is 8.82. The molecule has 0 amide bonds. The maximum Gasteiger partial charge on any atom is 0.0339 e. The first kappa shape index (κ1) is 17.0. The molecule has 2 unspecified atom stereocenters. The number of rotatable bonds is 6. The highest BCUT2D eigenvalue weighted by atomic mass is 15.2. The van der Waals surface area contributed by atoms with Crippen LogP contribution in [-0.4, -0.2) is 29.6 Å². The predicted molar refractivity (Wildman–Crippen MR) is 85.3 cm³/mol. The highest BCUT2D eigenvalue weighted by Crippen LogP contribution is 2.37. The standard InChI is InChI=1S/C17H36N2/c1-13(2)10-17(12-18,11-14(3)4)19-9-7-8-15(5)16(19)6/h13-16H,7-12,18H2,1-6H3. The van der Waals surface area contributed by atoms with Gasteiger partial charge < -0.3 is 5.73 Å². The number of nitrogens with zero attached hydrogens (tertiary/aromatic N) is 1. The Morgan fingerprint density at radius 3 is 2.05 bits per heavy atom. The average Bonchev–Trinajstić information content (AvgIpc) is 2.30. The van der Waals surface area contributed by atoms with Crippen LogP contribution in [0.15, 0.2) is 0 Å². The molecule has 1 fully saturated rings. The Morgan fingerprint density at radius 2 is 1.63 bits per heavy atom. The first-order valence-electron chi connectivity index (χ1n) is 8.29. The largest absolute Gasteiger partial charge is 0.329 e. The minimum Gasteiger partial charge on any atom is -0.329 e. The third kappa shape index (κ3) is 4.19. The smallest absolute Gasteiger partial charge is 0.0339 e. The van der Waals surface area contributed by atoms with E-state index in [-0.39, 0.29) is 5.54 Å². The lowest BCUT2D eigenvalue weighted by Crippen LogP contribution is -2.61. The van der Waals surface area contributed by atoms with Gasteiger partial charge in [-0.25, -0.2) is 0 Å². The Morgan fingerprint density at radius 1 is 1.11 bits per heavy atom. The zero-order valence-corrected chi connectivity index (χ0v) is 14.1. The van der Waals surface area contributed by atoms with Crippen LogP contribution in [0.25, 0.3) is 0 Å². The van der Waals surface area contributed by atoms with Crippen molar-refractivity contribution in [2.24, 2.45) is 23.5 Å². The van der Waals surface area contributed by atoms with Gasteiger partial charge in [0.25, 0.3) is 0 Å². The van der Waals surface area contributed by atoms with Crippen LogP contribution in [0.4, 0.5) is 0 Å². The molecule has 0 aromatic rings. The third-order valence-corrected chi connectivity index (χ3v) is 4.94. The second-order valence-electron chi connectivity index (χ2n) is 7.68.